The summed E-state index contributed by atoms with van der Waals surface area (Å²) in [6.45, 7) is 4.21. The van der Waals surface area contributed by atoms with Crippen LogP contribution in [0.3, 0.4) is 0 Å². The lowest BCUT2D eigenvalue weighted by molar-refractivity contribution is 0.0976. The van der Waals surface area contributed by atoms with Gasteiger partial charge in [-0.2, -0.15) is 0 Å². The van der Waals surface area contributed by atoms with Crippen LogP contribution in [0.4, 0.5) is 0 Å². The highest BCUT2D eigenvalue weighted by molar-refractivity contribution is 5.97. The van der Waals surface area contributed by atoms with Gasteiger partial charge in [-0.05, 0) is 30.5 Å². The summed E-state index contributed by atoms with van der Waals surface area (Å²) in [6, 6.07) is 15.9. The number of hydrogen-bond acceptors (Lipinski definition) is 1. The molecule has 0 aliphatic carbocycles. The van der Waals surface area contributed by atoms with Gasteiger partial charge in [-0.25, -0.2) is 0 Å². The minimum Gasteiger partial charge on any atom is -0.361 e. The highest BCUT2D eigenvalue weighted by atomic mass is 16.1. The third kappa shape index (κ3) is 2.75. The molecule has 21 heavy (non-hydrogen) atoms. The van der Waals surface area contributed by atoms with E-state index in [1.807, 2.05) is 36.5 Å². The summed E-state index contributed by atoms with van der Waals surface area (Å²) in [6.07, 6.45) is 2.57. The van der Waals surface area contributed by atoms with Gasteiger partial charge in [0, 0.05) is 29.1 Å². The first kappa shape index (κ1) is 13.6. The number of Topliss-reactive ketones (excluding diaryl/α,β-unsaturated/α-hetero) is 1. The molecule has 2 nitrogen and oxygen atoms in total. The van der Waals surface area contributed by atoms with E-state index in [4.69, 9.17) is 0 Å². The molecular formula is C19H19NO. The third-order valence-corrected chi connectivity index (χ3v) is 3.99. The quantitative estimate of drug-likeness (QED) is 0.679. The Labute approximate surface area is 124 Å². The molecule has 2 heteroatoms. The molecule has 0 bridgehead atoms. The van der Waals surface area contributed by atoms with Crippen LogP contribution in [-0.2, 0) is 0 Å². The molecule has 0 amide bonds. The fourth-order valence-corrected chi connectivity index (χ4v) is 2.79. The van der Waals surface area contributed by atoms with E-state index < -0.39 is 0 Å². The highest BCUT2D eigenvalue weighted by Crippen LogP contribution is 2.29. The maximum absolute atomic E-state index is 12.3. The van der Waals surface area contributed by atoms with Crippen LogP contribution in [0.1, 0.15) is 40.7 Å². The second kappa shape index (κ2) is 5.57. The van der Waals surface area contributed by atoms with Crippen LogP contribution >= 0.6 is 0 Å². The predicted molar refractivity (Wildman–Crippen MR) is 86.8 cm³/mol. The van der Waals surface area contributed by atoms with E-state index in [1.54, 1.807) is 0 Å². The molecule has 0 radical (unpaired) electrons. The molecule has 106 valence electrons. The average Bonchev–Trinajstić information content (AvgIpc) is 2.91. The number of carbonyl (C=O) groups excluding carboxylic acids is 1. The highest BCUT2D eigenvalue weighted by Gasteiger charge is 2.16. The van der Waals surface area contributed by atoms with Crippen LogP contribution < -0.4 is 0 Å². The summed E-state index contributed by atoms with van der Waals surface area (Å²) in [4.78, 5) is 15.6. The van der Waals surface area contributed by atoms with Crippen molar-refractivity contribution < 1.29 is 4.79 Å². The number of ketones is 1. The monoisotopic (exact) mass is 277 g/mol. The summed E-state index contributed by atoms with van der Waals surface area (Å²) in [5.74, 6) is 0.401. The molecular weight excluding hydrogens is 258 g/mol. The lowest BCUT2D eigenvalue weighted by Gasteiger charge is -2.10. The summed E-state index contributed by atoms with van der Waals surface area (Å²) in [5, 5.41) is 1.23. The molecule has 0 unspecified atom stereocenters. The van der Waals surface area contributed by atoms with Crippen molar-refractivity contribution in [3.8, 4) is 0 Å². The lowest BCUT2D eigenvalue weighted by atomic mass is 9.92. The molecule has 1 N–H and O–H groups in total. The number of rotatable bonds is 4. The minimum atomic E-state index is 0.199. The van der Waals surface area contributed by atoms with Gasteiger partial charge < -0.3 is 4.98 Å². The van der Waals surface area contributed by atoms with Crippen molar-refractivity contribution in [3.63, 3.8) is 0 Å². The number of carbonyl (C=O) groups is 1. The molecule has 0 aliphatic heterocycles. The van der Waals surface area contributed by atoms with Gasteiger partial charge in [-0.15, -0.1) is 0 Å². The van der Waals surface area contributed by atoms with Crippen molar-refractivity contribution in [1.29, 1.82) is 0 Å². The van der Waals surface area contributed by atoms with Crippen molar-refractivity contribution >= 4 is 16.7 Å². The molecule has 0 saturated heterocycles. The number of aromatic amines is 1. The first-order chi connectivity index (χ1) is 10.1. The van der Waals surface area contributed by atoms with E-state index in [0.29, 0.717) is 6.42 Å². The molecule has 0 fully saturated rings. The fourth-order valence-electron chi connectivity index (χ4n) is 2.79. The number of nitrogens with one attached hydrogen (secondary N) is 1. The van der Waals surface area contributed by atoms with E-state index in [-0.39, 0.29) is 11.7 Å². The predicted octanol–water partition coefficient (Wildman–Crippen LogP) is 4.85. The van der Waals surface area contributed by atoms with Crippen LogP contribution in [0.25, 0.3) is 10.9 Å². The van der Waals surface area contributed by atoms with Crippen LogP contribution in [-0.4, -0.2) is 10.8 Å². The van der Waals surface area contributed by atoms with Crippen molar-refractivity contribution in [2.24, 2.45) is 0 Å². The second-order valence-electron chi connectivity index (χ2n) is 5.69. The van der Waals surface area contributed by atoms with Crippen LogP contribution in [0, 0.1) is 6.92 Å². The molecule has 0 spiro atoms. The van der Waals surface area contributed by atoms with Gasteiger partial charge in [-0.1, -0.05) is 48.9 Å². The summed E-state index contributed by atoms with van der Waals surface area (Å²) in [7, 11) is 0. The van der Waals surface area contributed by atoms with E-state index in [9.17, 15) is 4.79 Å². The summed E-state index contributed by atoms with van der Waals surface area (Å²) >= 11 is 0. The van der Waals surface area contributed by atoms with E-state index in [2.05, 4.69) is 37.0 Å². The number of fused-ring (bicyclic) bond motifs is 1. The Morgan fingerprint density at radius 2 is 1.90 bits per heavy atom. The Bertz CT molecular complexity index is 771. The zero-order chi connectivity index (χ0) is 14.8. The molecule has 0 aliphatic rings. The Kier molecular flexibility index (Phi) is 3.61. The van der Waals surface area contributed by atoms with E-state index in [1.165, 1.54) is 16.5 Å². The largest absolute Gasteiger partial charge is 0.361 e. The van der Waals surface area contributed by atoms with Crippen molar-refractivity contribution in [3.05, 3.63) is 71.4 Å². The average molecular weight is 277 g/mol. The molecule has 1 heterocycles. The topological polar surface area (TPSA) is 32.9 Å². The van der Waals surface area contributed by atoms with Gasteiger partial charge in [0.1, 0.15) is 0 Å². The van der Waals surface area contributed by atoms with Gasteiger partial charge in [0.05, 0.1) is 0 Å². The molecule has 0 saturated carbocycles. The van der Waals surface area contributed by atoms with Gasteiger partial charge in [0.15, 0.2) is 5.78 Å². The Hall–Kier alpha value is -2.35. The first-order valence-electron chi connectivity index (χ1n) is 7.31. The Balaban J connectivity index is 1.86. The first-order valence-corrected chi connectivity index (χ1v) is 7.31. The fraction of sp³-hybridized carbons (Fsp3) is 0.211. The Morgan fingerprint density at radius 3 is 2.67 bits per heavy atom. The second-order valence-corrected chi connectivity index (χ2v) is 5.69. The molecule has 3 aromatic rings. The van der Waals surface area contributed by atoms with Crippen molar-refractivity contribution in [1.82, 2.24) is 4.98 Å². The maximum atomic E-state index is 12.3. The number of aromatic nitrogens is 1. The number of hydrogen-bond donors (Lipinski definition) is 1. The third-order valence-electron chi connectivity index (χ3n) is 3.99. The number of benzene rings is 2. The van der Waals surface area contributed by atoms with E-state index >= 15 is 0 Å². The number of aryl methyl sites for hydroxylation is 1. The molecule has 1 aromatic heterocycles. The zero-order valence-corrected chi connectivity index (χ0v) is 12.4. The summed E-state index contributed by atoms with van der Waals surface area (Å²) in [5.41, 5.74) is 4.39. The lowest BCUT2D eigenvalue weighted by Crippen LogP contribution is -2.04. The Morgan fingerprint density at radius 1 is 1.14 bits per heavy atom. The normalized spacial score (nSPS) is 12.5. The smallest absolute Gasteiger partial charge is 0.163 e. The molecule has 1 atom stereocenters. The van der Waals surface area contributed by atoms with Gasteiger partial charge in [-0.3, -0.25) is 4.79 Å². The van der Waals surface area contributed by atoms with Crippen LogP contribution in [0.15, 0.2) is 54.7 Å². The van der Waals surface area contributed by atoms with Crippen LogP contribution in [0.5, 0.6) is 0 Å². The van der Waals surface area contributed by atoms with Crippen LogP contribution in [0.2, 0.25) is 0 Å². The van der Waals surface area contributed by atoms with Gasteiger partial charge >= 0.3 is 0 Å². The molecule has 2 aromatic carbocycles. The molecule has 3 rings (SSSR count). The number of H-pyrrole nitrogens is 1. The van der Waals surface area contributed by atoms with Crippen molar-refractivity contribution in [2.45, 2.75) is 26.2 Å². The van der Waals surface area contributed by atoms with Gasteiger partial charge in [0.2, 0.25) is 0 Å². The zero-order valence-electron chi connectivity index (χ0n) is 12.4. The van der Waals surface area contributed by atoms with Gasteiger partial charge in [0.25, 0.3) is 0 Å². The summed E-state index contributed by atoms with van der Waals surface area (Å²) < 4.78 is 0. The van der Waals surface area contributed by atoms with Crippen molar-refractivity contribution in [2.75, 3.05) is 0 Å². The SMILES string of the molecule is Cc1ccc2[nH]cc([C@H](C)CC(=O)c3ccccc3)c2c1. The maximum Gasteiger partial charge on any atom is 0.163 e. The van der Waals surface area contributed by atoms with E-state index in [0.717, 1.165) is 11.1 Å². The standard InChI is InChI=1S/C19H19NO/c1-13-8-9-18-16(10-13)17(12-20-18)14(2)11-19(21)15-6-4-3-5-7-15/h3-10,12,14,20H,11H2,1-2H3/t14-/m1/s1. The minimum absolute atomic E-state index is 0.199.